The van der Waals surface area contributed by atoms with Crippen LogP contribution in [0.2, 0.25) is 5.02 Å². The first-order valence-corrected chi connectivity index (χ1v) is 6.57. The molecule has 0 aliphatic carbocycles. The molecular formula is C14H8BrClF2O. The molecule has 0 radical (unpaired) electrons. The van der Waals surface area contributed by atoms with Gasteiger partial charge < -0.3 is 0 Å². The molecule has 5 heteroatoms. The van der Waals surface area contributed by atoms with Crippen molar-refractivity contribution < 1.29 is 13.6 Å². The summed E-state index contributed by atoms with van der Waals surface area (Å²) in [6.07, 6.45) is -0.231. The van der Waals surface area contributed by atoms with Gasteiger partial charge in [0.25, 0.3) is 0 Å². The summed E-state index contributed by atoms with van der Waals surface area (Å²) in [6.45, 7) is 0. The SMILES string of the molecule is O=C(Cc1cccc(F)c1F)c1ccc(Br)cc1Cl. The first kappa shape index (κ1) is 14.2. The van der Waals surface area contributed by atoms with E-state index in [4.69, 9.17) is 11.6 Å². The van der Waals surface area contributed by atoms with Crippen molar-refractivity contribution in [3.05, 3.63) is 68.7 Å². The molecule has 0 fully saturated rings. The van der Waals surface area contributed by atoms with E-state index >= 15 is 0 Å². The Morgan fingerprint density at radius 2 is 1.95 bits per heavy atom. The predicted molar refractivity (Wildman–Crippen MR) is 73.5 cm³/mol. The molecule has 0 aromatic heterocycles. The largest absolute Gasteiger partial charge is 0.294 e. The number of rotatable bonds is 3. The minimum Gasteiger partial charge on any atom is -0.294 e. The maximum Gasteiger partial charge on any atom is 0.168 e. The molecule has 0 heterocycles. The van der Waals surface area contributed by atoms with Crippen LogP contribution in [-0.4, -0.2) is 5.78 Å². The van der Waals surface area contributed by atoms with Crippen LogP contribution >= 0.6 is 27.5 Å². The van der Waals surface area contributed by atoms with Gasteiger partial charge in [-0.05, 0) is 29.8 Å². The van der Waals surface area contributed by atoms with E-state index in [2.05, 4.69) is 15.9 Å². The molecular weight excluding hydrogens is 338 g/mol. The highest BCUT2D eigenvalue weighted by Crippen LogP contribution is 2.23. The fourth-order valence-corrected chi connectivity index (χ4v) is 2.45. The Bertz CT molecular complexity index is 643. The summed E-state index contributed by atoms with van der Waals surface area (Å²) in [5, 5.41) is 0.274. The lowest BCUT2D eigenvalue weighted by molar-refractivity contribution is 0.0992. The predicted octanol–water partition coefficient (Wildman–Crippen LogP) is 4.81. The molecule has 0 saturated carbocycles. The molecule has 1 nitrogen and oxygen atoms in total. The smallest absolute Gasteiger partial charge is 0.168 e. The number of hydrogen-bond donors (Lipinski definition) is 0. The standard InChI is InChI=1S/C14H8BrClF2O/c15-9-4-5-10(11(16)7-9)13(19)6-8-2-1-3-12(17)14(8)18/h1-5,7H,6H2. The Morgan fingerprint density at radius 3 is 2.63 bits per heavy atom. The summed E-state index contributed by atoms with van der Waals surface area (Å²) >= 11 is 9.17. The lowest BCUT2D eigenvalue weighted by Crippen LogP contribution is -2.06. The first-order chi connectivity index (χ1) is 8.99. The Labute approximate surface area is 122 Å². The third kappa shape index (κ3) is 3.19. The number of benzene rings is 2. The summed E-state index contributed by atoms with van der Waals surface area (Å²) in [5.41, 5.74) is 0.303. The highest BCUT2D eigenvalue weighted by molar-refractivity contribution is 9.10. The zero-order chi connectivity index (χ0) is 14.0. The minimum absolute atomic E-state index is 0.0176. The number of halogens is 4. The van der Waals surface area contributed by atoms with Gasteiger partial charge in [-0.25, -0.2) is 8.78 Å². The van der Waals surface area contributed by atoms with Crippen molar-refractivity contribution >= 4 is 33.3 Å². The number of Topliss-reactive ketones (excluding diaryl/α,β-unsaturated/α-hetero) is 1. The molecule has 0 bridgehead atoms. The maximum atomic E-state index is 13.5. The number of ketones is 1. The lowest BCUT2D eigenvalue weighted by Gasteiger charge is -2.06. The van der Waals surface area contributed by atoms with Crippen molar-refractivity contribution in [2.75, 3.05) is 0 Å². The van der Waals surface area contributed by atoms with E-state index in [1.807, 2.05) is 0 Å². The number of carbonyl (C=O) groups is 1. The summed E-state index contributed by atoms with van der Waals surface area (Å²) in [5.74, 6) is -2.32. The Hall–Kier alpha value is -1.26. The van der Waals surface area contributed by atoms with Crippen molar-refractivity contribution in [1.29, 1.82) is 0 Å². The molecule has 0 aliphatic heterocycles. The van der Waals surface area contributed by atoms with Crippen LogP contribution in [0.4, 0.5) is 8.78 Å². The van der Waals surface area contributed by atoms with Crippen LogP contribution in [0.25, 0.3) is 0 Å². The monoisotopic (exact) mass is 344 g/mol. The molecule has 0 spiro atoms. The van der Waals surface area contributed by atoms with Crippen molar-refractivity contribution in [3.63, 3.8) is 0 Å². The minimum atomic E-state index is -0.996. The topological polar surface area (TPSA) is 17.1 Å². The average molecular weight is 346 g/mol. The third-order valence-corrected chi connectivity index (χ3v) is 3.42. The van der Waals surface area contributed by atoms with Gasteiger partial charge in [-0.2, -0.15) is 0 Å². The Kier molecular flexibility index (Phi) is 4.32. The van der Waals surface area contributed by atoms with E-state index in [0.717, 1.165) is 10.5 Å². The van der Waals surface area contributed by atoms with E-state index in [1.54, 1.807) is 18.2 Å². The molecule has 0 amide bonds. The highest BCUT2D eigenvalue weighted by atomic mass is 79.9. The van der Waals surface area contributed by atoms with Gasteiger partial charge in [-0.3, -0.25) is 4.79 Å². The second-order valence-corrected chi connectivity index (χ2v) is 5.26. The second-order valence-electron chi connectivity index (χ2n) is 3.94. The van der Waals surface area contributed by atoms with Gasteiger partial charge in [0.2, 0.25) is 0 Å². The number of carbonyl (C=O) groups excluding carboxylic acids is 1. The van der Waals surface area contributed by atoms with Gasteiger partial charge in [0, 0.05) is 16.5 Å². The molecule has 2 aromatic carbocycles. The van der Waals surface area contributed by atoms with E-state index in [0.29, 0.717) is 0 Å². The van der Waals surface area contributed by atoms with E-state index in [-0.39, 0.29) is 28.4 Å². The van der Waals surface area contributed by atoms with Crippen LogP contribution in [0.3, 0.4) is 0 Å². The molecule has 0 unspecified atom stereocenters. The normalized spacial score (nSPS) is 10.5. The molecule has 98 valence electrons. The first-order valence-electron chi connectivity index (χ1n) is 5.40. The third-order valence-electron chi connectivity index (χ3n) is 2.61. The van der Waals surface area contributed by atoms with Crippen molar-refractivity contribution in [3.8, 4) is 0 Å². The van der Waals surface area contributed by atoms with Crippen molar-refractivity contribution in [2.45, 2.75) is 6.42 Å². The van der Waals surface area contributed by atoms with Crippen LogP contribution in [0.5, 0.6) is 0 Å². The van der Waals surface area contributed by atoms with Gasteiger partial charge >= 0.3 is 0 Å². The maximum absolute atomic E-state index is 13.5. The zero-order valence-electron chi connectivity index (χ0n) is 9.59. The Balaban J connectivity index is 2.28. The van der Waals surface area contributed by atoms with E-state index in [1.165, 1.54) is 12.1 Å². The molecule has 19 heavy (non-hydrogen) atoms. The van der Waals surface area contributed by atoms with Gasteiger partial charge in [0.05, 0.1) is 5.02 Å². The van der Waals surface area contributed by atoms with E-state index < -0.39 is 11.6 Å². The average Bonchev–Trinajstić information content (AvgIpc) is 2.34. The summed E-state index contributed by atoms with van der Waals surface area (Å²) in [4.78, 5) is 12.0. The van der Waals surface area contributed by atoms with Crippen molar-refractivity contribution in [1.82, 2.24) is 0 Å². The summed E-state index contributed by atoms with van der Waals surface area (Å²) < 4.78 is 27.3. The zero-order valence-corrected chi connectivity index (χ0v) is 11.9. The van der Waals surface area contributed by atoms with Crippen LogP contribution in [-0.2, 0) is 6.42 Å². The quantitative estimate of drug-likeness (QED) is 0.730. The molecule has 2 aromatic rings. The van der Waals surface area contributed by atoms with Crippen LogP contribution in [0, 0.1) is 11.6 Å². The fraction of sp³-hybridized carbons (Fsp3) is 0.0714. The van der Waals surface area contributed by atoms with Crippen LogP contribution < -0.4 is 0 Å². The van der Waals surface area contributed by atoms with Gasteiger partial charge in [-0.1, -0.05) is 39.7 Å². The lowest BCUT2D eigenvalue weighted by atomic mass is 10.0. The molecule has 0 saturated heterocycles. The highest BCUT2D eigenvalue weighted by Gasteiger charge is 2.15. The molecule has 0 aliphatic rings. The fourth-order valence-electron chi connectivity index (χ4n) is 1.67. The summed E-state index contributed by atoms with van der Waals surface area (Å²) in [7, 11) is 0. The number of hydrogen-bond acceptors (Lipinski definition) is 1. The molecule has 2 rings (SSSR count). The van der Waals surface area contributed by atoms with Gasteiger partial charge in [0.1, 0.15) is 0 Å². The summed E-state index contributed by atoms with van der Waals surface area (Å²) in [6, 6.07) is 8.55. The van der Waals surface area contributed by atoms with Gasteiger partial charge in [-0.15, -0.1) is 0 Å². The van der Waals surface area contributed by atoms with Crippen LogP contribution in [0.1, 0.15) is 15.9 Å². The molecule has 0 N–H and O–H groups in total. The van der Waals surface area contributed by atoms with E-state index in [9.17, 15) is 13.6 Å². The second kappa shape index (κ2) is 5.80. The Morgan fingerprint density at radius 1 is 1.21 bits per heavy atom. The van der Waals surface area contributed by atoms with Gasteiger partial charge in [0.15, 0.2) is 17.4 Å². The molecule has 0 atom stereocenters. The van der Waals surface area contributed by atoms with Crippen molar-refractivity contribution in [2.24, 2.45) is 0 Å². The van der Waals surface area contributed by atoms with Crippen LogP contribution in [0.15, 0.2) is 40.9 Å².